The number of nitrogens with zero attached hydrogens (tertiary/aromatic N) is 2. The summed E-state index contributed by atoms with van der Waals surface area (Å²) >= 11 is 0. The molecule has 5 N–H and O–H groups in total. The van der Waals surface area contributed by atoms with Gasteiger partial charge in [-0.1, -0.05) is 26.2 Å². The van der Waals surface area contributed by atoms with Crippen LogP contribution in [0, 0.1) is 0 Å². The molecule has 0 aliphatic heterocycles. The first kappa shape index (κ1) is 15.0. The van der Waals surface area contributed by atoms with Gasteiger partial charge in [0.05, 0.1) is 12.1 Å². The quantitative estimate of drug-likeness (QED) is 0.468. The number of aliphatic hydroxyl groups is 1. The lowest BCUT2D eigenvalue weighted by molar-refractivity contribution is 0.172. The van der Waals surface area contributed by atoms with Gasteiger partial charge in [-0.05, 0) is 19.3 Å². The van der Waals surface area contributed by atoms with Gasteiger partial charge in [-0.3, -0.25) is 0 Å². The minimum Gasteiger partial charge on any atom is -0.394 e. The fourth-order valence-electron chi connectivity index (χ4n) is 2.79. The molecule has 0 amide bonds. The van der Waals surface area contributed by atoms with Gasteiger partial charge in [-0.2, -0.15) is 0 Å². The van der Waals surface area contributed by atoms with E-state index < -0.39 is 0 Å². The Hall–Kier alpha value is -1.40. The van der Waals surface area contributed by atoms with E-state index in [2.05, 4.69) is 27.6 Å². The molecule has 20 heavy (non-hydrogen) atoms. The molecule has 0 saturated heterocycles. The zero-order valence-corrected chi connectivity index (χ0v) is 12.2. The molecular formula is C14H25N5O. The van der Waals surface area contributed by atoms with E-state index in [4.69, 9.17) is 5.84 Å². The zero-order valence-electron chi connectivity index (χ0n) is 12.2. The molecule has 6 heteroatoms. The van der Waals surface area contributed by atoms with Crippen LogP contribution in [0.4, 0.5) is 11.6 Å². The van der Waals surface area contributed by atoms with Crippen LogP contribution in [0.15, 0.2) is 6.07 Å². The van der Waals surface area contributed by atoms with Crippen LogP contribution in [-0.4, -0.2) is 27.2 Å². The van der Waals surface area contributed by atoms with Crippen molar-refractivity contribution >= 4 is 11.6 Å². The fraction of sp³-hybridized carbons (Fsp3) is 0.714. The molecule has 2 rings (SSSR count). The molecule has 1 aliphatic rings. The molecule has 6 nitrogen and oxygen atoms in total. The minimum absolute atomic E-state index is 0.130. The Morgan fingerprint density at radius 1 is 1.25 bits per heavy atom. The lowest BCUT2D eigenvalue weighted by Crippen LogP contribution is -2.44. The van der Waals surface area contributed by atoms with Crippen molar-refractivity contribution in [3.05, 3.63) is 11.9 Å². The van der Waals surface area contributed by atoms with Crippen LogP contribution in [0.5, 0.6) is 0 Å². The second-order valence-corrected chi connectivity index (χ2v) is 5.57. The van der Waals surface area contributed by atoms with Crippen LogP contribution in [-0.2, 0) is 6.42 Å². The Kier molecular flexibility index (Phi) is 5.14. The molecule has 0 spiro atoms. The highest BCUT2D eigenvalue weighted by molar-refractivity contribution is 5.48. The summed E-state index contributed by atoms with van der Waals surface area (Å²) < 4.78 is 0. The SMILES string of the molecule is CCCc1nc(NN)cc(NC2(CO)CCCCC2)n1. The Morgan fingerprint density at radius 3 is 2.55 bits per heavy atom. The number of nitrogens with two attached hydrogens (primary N) is 1. The van der Waals surface area contributed by atoms with Gasteiger partial charge in [-0.15, -0.1) is 0 Å². The monoisotopic (exact) mass is 279 g/mol. The molecule has 1 aromatic rings. The first-order valence-electron chi connectivity index (χ1n) is 7.45. The molecule has 1 saturated carbocycles. The van der Waals surface area contributed by atoms with Crippen molar-refractivity contribution in [3.8, 4) is 0 Å². The second-order valence-electron chi connectivity index (χ2n) is 5.57. The standard InChI is InChI=1S/C14H25N5O/c1-2-6-11-16-12(9-13(17-11)19-15)18-14(10-20)7-4-3-5-8-14/h9,20H,2-8,10,15H2,1H3,(H2,16,17,18,19). The highest BCUT2D eigenvalue weighted by Gasteiger charge is 2.31. The number of aryl methyl sites for hydroxylation is 1. The van der Waals surface area contributed by atoms with E-state index in [-0.39, 0.29) is 12.1 Å². The van der Waals surface area contributed by atoms with E-state index in [1.807, 2.05) is 0 Å². The van der Waals surface area contributed by atoms with Crippen molar-refractivity contribution < 1.29 is 5.11 Å². The highest BCUT2D eigenvalue weighted by atomic mass is 16.3. The van der Waals surface area contributed by atoms with Crippen LogP contribution in [0.3, 0.4) is 0 Å². The summed E-state index contributed by atoms with van der Waals surface area (Å²) in [7, 11) is 0. The topological polar surface area (TPSA) is 96.1 Å². The Morgan fingerprint density at radius 2 is 1.95 bits per heavy atom. The minimum atomic E-state index is -0.248. The maximum atomic E-state index is 9.76. The summed E-state index contributed by atoms with van der Waals surface area (Å²) in [6, 6.07) is 1.80. The summed E-state index contributed by atoms with van der Waals surface area (Å²) in [6.45, 7) is 2.22. The van der Waals surface area contributed by atoms with E-state index >= 15 is 0 Å². The lowest BCUT2D eigenvalue weighted by atomic mass is 9.82. The van der Waals surface area contributed by atoms with Gasteiger partial charge in [0.15, 0.2) is 0 Å². The maximum absolute atomic E-state index is 9.76. The third-order valence-electron chi connectivity index (χ3n) is 3.90. The maximum Gasteiger partial charge on any atom is 0.145 e. The smallest absolute Gasteiger partial charge is 0.145 e. The summed E-state index contributed by atoms with van der Waals surface area (Å²) in [5, 5.41) is 13.2. The number of aliphatic hydroxyl groups excluding tert-OH is 1. The predicted molar refractivity (Wildman–Crippen MR) is 80.4 cm³/mol. The van der Waals surface area contributed by atoms with Gasteiger partial charge in [0.25, 0.3) is 0 Å². The lowest BCUT2D eigenvalue weighted by Gasteiger charge is -2.37. The van der Waals surface area contributed by atoms with Crippen molar-refractivity contribution in [2.75, 3.05) is 17.3 Å². The molecule has 0 unspecified atom stereocenters. The molecule has 1 heterocycles. The first-order chi connectivity index (χ1) is 9.71. The molecule has 0 bridgehead atoms. The summed E-state index contributed by atoms with van der Waals surface area (Å²) in [4.78, 5) is 8.86. The third-order valence-corrected chi connectivity index (χ3v) is 3.90. The van der Waals surface area contributed by atoms with Gasteiger partial charge in [0, 0.05) is 12.5 Å². The number of anilines is 2. The number of rotatable bonds is 6. The first-order valence-corrected chi connectivity index (χ1v) is 7.45. The van der Waals surface area contributed by atoms with Crippen molar-refractivity contribution in [3.63, 3.8) is 0 Å². The van der Waals surface area contributed by atoms with Gasteiger partial charge in [0.1, 0.15) is 17.5 Å². The van der Waals surface area contributed by atoms with Crippen LogP contribution in [0.25, 0.3) is 0 Å². The highest BCUT2D eigenvalue weighted by Crippen LogP contribution is 2.31. The fourth-order valence-corrected chi connectivity index (χ4v) is 2.79. The van der Waals surface area contributed by atoms with Crippen LogP contribution in [0.1, 0.15) is 51.3 Å². The number of hydrogen-bond acceptors (Lipinski definition) is 6. The average molecular weight is 279 g/mol. The van der Waals surface area contributed by atoms with Crippen molar-refractivity contribution in [2.45, 2.75) is 57.4 Å². The van der Waals surface area contributed by atoms with E-state index in [9.17, 15) is 5.11 Å². The van der Waals surface area contributed by atoms with Gasteiger partial charge in [-0.25, -0.2) is 15.8 Å². The van der Waals surface area contributed by atoms with Gasteiger partial charge in [0.2, 0.25) is 0 Å². The molecule has 1 fully saturated rings. The Bertz CT molecular complexity index is 432. The molecule has 112 valence electrons. The molecular weight excluding hydrogens is 254 g/mol. The summed E-state index contributed by atoms with van der Waals surface area (Å²) in [6.07, 6.45) is 7.27. The summed E-state index contributed by atoms with van der Waals surface area (Å²) in [5.41, 5.74) is 2.33. The number of hydrogen-bond donors (Lipinski definition) is 4. The molecule has 0 aromatic carbocycles. The number of aromatic nitrogens is 2. The van der Waals surface area contributed by atoms with Crippen molar-refractivity contribution in [2.24, 2.45) is 5.84 Å². The van der Waals surface area contributed by atoms with Gasteiger partial charge < -0.3 is 15.8 Å². The zero-order chi connectivity index (χ0) is 14.4. The molecule has 0 radical (unpaired) electrons. The van der Waals surface area contributed by atoms with Gasteiger partial charge >= 0.3 is 0 Å². The molecule has 0 atom stereocenters. The number of nitrogens with one attached hydrogen (secondary N) is 2. The van der Waals surface area contributed by atoms with Crippen LogP contribution < -0.4 is 16.6 Å². The van der Waals surface area contributed by atoms with Crippen molar-refractivity contribution in [1.29, 1.82) is 0 Å². The molecule has 1 aromatic heterocycles. The predicted octanol–water partition coefficient (Wildman–Crippen LogP) is 1.82. The second kappa shape index (κ2) is 6.85. The average Bonchev–Trinajstić information content (AvgIpc) is 2.48. The van der Waals surface area contributed by atoms with Crippen LogP contribution >= 0.6 is 0 Å². The number of nitrogen functional groups attached to an aromatic ring is 1. The molecule has 1 aliphatic carbocycles. The third kappa shape index (κ3) is 3.58. The number of hydrazine groups is 1. The Labute approximate surface area is 120 Å². The normalized spacial score (nSPS) is 17.8. The van der Waals surface area contributed by atoms with E-state index in [1.54, 1.807) is 6.07 Å². The Balaban J connectivity index is 2.19. The van der Waals surface area contributed by atoms with E-state index in [1.165, 1.54) is 6.42 Å². The van der Waals surface area contributed by atoms with E-state index in [0.29, 0.717) is 5.82 Å². The summed E-state index contributed by atoms with van der Waals surface area (Å²) in [5.74, 6) is 7.59. The van der Waals surface area contributed by atoms with Crippen LogP contribution in [0.2, 0.25) is 0 Å². The van der Waals surface area contributed by atoms with E-state index in [0.717, 1.165) is 50.2 Å². The largest absolute Gasteiger partial charge is 0.394 e. The van der Waals surface area contributed by atoms with Crippen molar-refractivity contribution in [1.82, 2.24) is 9.97 Å².